The molecule has 2 aliphatic rings. The van der Waals surface area contributed by atoms with Crippen LogP contribution in [0.2, 0.25) is 10.0 Å². The van der Waals surface area contributed by atoms with E-state index in [0.717, 1.165) is 32.1 Å². The number of para-hydroxylation sites is 1. The average Bonchev–Trinajstić information content (AvgIpc) is 2.85. The van der Waals surface area contributed by atoms with Gasteiger partial charge in [0.2, 0.25) is 11.7 Å². The number of hydrogen-bond donors (Lipinski definition) is 2. The number of benzene rings is 2. The second kappa shape index (κ2) is 11.6. The monoisotopic (exact) mass is 535 g/mol. The number of amides is 2. The summed E-state index contributed by atoms with van der Waals surface area (Å²) in [7, 11) is 4.56. The first-order chi connectivity index (χ1) is 17.3. The van der Waals surface area contributed by atoms with Crippen LogP contribution in [0.1, 0.15) is 42.5 Å². The molecule has 0 aromatic heterocycles. The summed E-state index contributed by atoms with van der Waals surface area (Å²) < 4.78 is 16.1. The van der Waals surface area contributed by atoms with Crippen LogP contribution >= 0.6 is 23.2 Å². The van der Waals surface area contributed by atoms with Gasteiger partial charge in [0.1, 0.15) is 0 Å². The molecule has 2 atom stereocenters. The van der Waals surface area contributed by atoms with Crippen molar-refractivity contribution in [3.8, 4) is 17.2 Å². The molecule has 2 aromatic rings. The molecule has 2 saturated heterocycles. The predicted octanol–water partition coefficient (Wildman–Crippen LogP) is 4.77. The number of anilines is 1. The fourth-order valence-electron chi connectivity index (χ4n) is 5.30. The van der Waals surface area contributed by atoms with E-state index in [9.17, 15) is 9.59 Å². The number of nitrogens with one attached hydrogen (secondary N) is 2. The fraction of sp³-hybridized carbons (Fsp3) is 0.462. The number of piperidine rings is 2. The van der Waals surface area contributed by atoms with Gasteiger partial charge in [-0.1, -0.05) is 35.7 Å². The number of methoxy groups -OCH3 is 3. The third-order valence-electron chi connectivity index (χ3n) is 6.94. The summed E-state index contributed by atoms with van der Waals surface area (Å²) in [5.74, 6) is 0.950. The molecule has 2 unspecified atom stereocenters. The SMILES string of the molecule is COc1cc(C(=O)NC2CC3CCCC(C2)N3CC(=O)Nc2c(Cl)cccc2Cl)cc(OC)c1OC. The maximum absolute atomic E-state index is 13.1. The van der Waals surface area contributed by atoms with Crippen molar-refractivity contribution >= 4 is 40.7 Å². The zero-order valence-corrected chi connectivity index (χ0v) is 22.1. The summed E-state index contributed by atoms with van der Waals surface area (Å²) in [5.41, 5.74) is 0.872. The molecular weight excluding hydrogens is 505 g/mol. The normalized spacial score (nSPS) is 21.4. The second-order valence-electron chi connectivity index (χ2n) is 9.11. The van der Waals surface area contributed by atoms with Crippen molar-refractivity contribution in [3.05, 3.63) is 45.9 Å². The maximum atomic E-state index is 13.1. The summed E-state index contributed by atoms with van der Waals surface area (Å²) >= 11 is 12.4. The Hall–Kier alpha value is -2.68. The Morgan fingerprint density at radius 3 is 2.08 bits per heavy atom. The number of fused-ring (bicyclic) bond motifs is 2. The average molecular weight is 536 g/mol. The van der Waals surface area contributed by atoms with Crippen molar-refractivity contribution in [1.29, 1.82) is 0 Å². The molecule has 0 spiro atoms. The van der Waals surface area contributed by atoms with Gasteiger partial charge in [0.05, 0.1) is 43.6 Å². The van der Waals surface area contributed by atoms with Crippen LogP contribution in [-0.2, 0) is 4.79 Å². The quantitative estimate of drug-likeness (QED) is 0.505. The molecule has 2 heterocycles. The summed E-state index contributed by atoms with van der Waals surface area (Å²) in [6, 6.07) is 8.84. The lowest BCUT2D eigenvalue weighted by molar-refractivity contribution is -0.120. The van der Waals surface area contributed by atoms with E-state index in [2.05, 4.69) is 15.5 Å². The van der Waals surface area contributed by atoms with Crippen LogP contribution in [0.5, 0.6) is 17.2 Å². The van der Waals surface area contributed by atoms with Crippen molar-refractivity contribution in [2.45, 2.75) is 50.2 Å². The summed E-state index contributed by atoms with van der Waals surface area (Å²) in [5, 5.41) is 6.86. The van der Waals surface area contributed by atoms with Gasteiger partial charge >= 0.3 is 0 Å². The summed E-state index contributed by atoms with van der Waals surface area (Å²) in [6.07, 6.45) is 4.61. The molecule has 2 N–H and O–H groups in total. The van der Waals surface area contributed by atoms with E-state index in [4.69, 9.17) is 37.4 Å². The number of ether oxygens (including phenoxy) is 3. The first kappa shape index (κ1) is 26.4. The molecule has 2 bridgehead atoms. The van der Waals surface area contributed by atoms with Crippen molar-refractivity contribution in [3.63, 3.8) is 0 Å². The third-order valence-corrected chi connectivity index (χ3v) is 7.57. The lowest BCUT2D eigenvalue weighted by Crippen LogP contribution is -2.58. The smallest absolute Gasteiger partial charge is 0.251 e. The molecule has 194 valence electrons. The van der Waals surface area contributed by atoms with Gasteiger partial charge in [0.25, 0.3) is 5.91 Å². The summed E-state index contributed by atoms with van der Waals surface area (Å²) in [6.45, 7) is 0.254. The highest BCUT2D eigenvalue weighted by atomic mass is 35.5. The topological polar surface area (TPSA) is 89.1 Å². The molecule has 0 aliphatic carbocycles. The highest BCUT2D eigenvalue weighted by Crippen LogP contribution is 2.39. The molecule has 2 amide bonds. The standard InChI is InChI=1S/C26H31Cl2N3O5/c1-34-21-10-15(11-22(35-2)25(21)36-3)26(33)29-16-12-17-6-4-7-18(13-16)31(17)14-23(32)30-24-19(27)8-5-9-20(24)28/h5,8-11,16-18H,4,6-7,12-14H2,1-3H3,(H,29,33)(H,30,32). The third kappa shape index (κ3) is 5.66. The molecule has 4 rings (SSSR count). The minimum atomic E-state index is -0.197. The van der Waals surface area contributed by atoms with Crippen LogP contribution in [0.3, 0.4) is 0 Å². The van der Waals surface area contributed by atoms with Crippen molar-refractivity contribution in [1.82, 2.24) is 10.2 Å². The minimum absolute atomic E-state index is 0.00390. The van der Waals surface area contributed by atoms with Gasteiger partial charge in [-0.2, -0.15) is 0 Å². The highest BCUT2D eigenvalue weighted by Gasteiger charge is 2.39. The maximum Gasteiger partial charge on any atom is 0.251 e. The lowest BCUT2D eigenvalue weighted by Gasteiger charge is -2.48. The van der Waals surface area contributed by atoms with E-state index >= 15 is 0 Å². The number of carbonyl (C=O) groups excluding carboxylic acids is 2. The van der Waals surface area contributed by atoms with Crippen LogP contribution in [0.25, 0.3) is 0 Å². The largest absolute Gasteiger partial charge is 0.493 e. The van der Waals surface area contributed by atoms with Crippen LogP contribution in [-0.4, -0.2) is 62.7 Å². The second-order valence-corrected chi connectivity index (χ2v) is 9.93. The Labute approximate surface area is 221 Å². The van der Waals surface area contributed by atoms with Gasteiger partial charge in [0.15, 0.2) is 11.5 Å². The number of nitrogens with zero attached hydrogens (tertiary/aromatic N) is 1. The highest BCUT2D eigenvalue weighted by molar-refractivity contribution is 6.39. The Bertz CT molecular complexity index is 1070. The van der Waals surface area contributed by atoms with E-state index in [1.165, 1.54) is 21.3 Å². The van der Waals surface area contributed by atoms with Crippen LogP contribution in [0.4, 0.5) is 5.69 Å². The molecule has 2 aliphatic heterocycles. The van der Waals surface area contributed by atoms with Crippen LogP contribution in [0, 0.1) is 0 Å². The van der Waals surface area contributed by atoms with E-state index in [1.807, 2.05) is 0 Å². The first-order valence-corrected chi connectivity index (χ1v) is 12.7. The van der Waals surface area contributed by atoms with Gasteiger partial charge < -0.3 is 24.8 Å². The fourth-order valence-corrected chi connectivity index (χ4v) is 5.79. The van der Waals surface area contributed by atoms with E-state index < -0.39 is 0 Å². The molecule has 2 fully saturated rings. The number of carbonyl (C=O) groups is 2. The Balaban J connectivity index is 1.41. The van der Waals surface area contributed by atoms with Crippen molar-refractivity contribution in [2.75, 3.05) is 33.2 Å². The number of halogens is 2. The Kier molecular flexibility index (Phi) is 8.49. The van der Waals surface area contributed by atoms with Gasteiger partial charge in [-0.3, -0.25) is 14.5 Å². The van der Waals surface area contributed by atoms with Crippen LogP contribution in [0.15, 0.2) is 30.3 Å². The van der Waals surface area contributed by atoms with Gasteiger partial charge in [-0.05, 0) is 49.9 Å². The van der Waals surface area contributed by atoms with Gasteiger partial charge in [-0.25, -0.2) is 0 Å². The molecule has 8 nitrogen and oxygen atoms in total. The molecular formula is C26H31Cl2N3O5. The van der Waals surface area contributed by atoms with E-state index in [0.29, 0.717) is 38.5 Å². The molecule has 0 radical (unpaired) electrons. The van der Waals surface area contributed by atoms with Crippen molar-refractivity contribution in [2.24, 2.45) is 0 Å². The zero-order chi connectivity index (χ0) is 25.8. The number of rotatable bonds is 8. The van der Waals surface area contributed by atoms with Crippen molar-refractivity contribution < 1.29 is 23.8 Å². The first-order valence-electron chi connectivity index (χ1n) is 11.9. The lowest BCUT2D eigenvalue weighted by atomic mass is 9.81. The molecule has 10 heteroatoms. The number of hydrogen-bond acceptors (Lipinski definition) is 6. The molecule has 36 heavy (non-hydrogen) atoms. The van der Waals surface area contributed by atoms with E-state index in [1.54, 1.807) is 30.3 Å². The van der Waals surface area contributed by atoms with E-state index in [-0.39, 0.29) is 36.5 Å². The minimum Gasteiger partial charge on any atom is -0.493 e. The predicted molar refractivity (Wildman–Crippen MR) is 140 cm³/mol. The Morgan fingerprint density at radius 1 is 0.972 bits per heavy atom. The van der Waals surface area contributed by atoms with Crippen LogP contribution < -0.4 is 24.8 Å². The summed E-state index contributed by atoms with van der Waals surface area (Å²) in [4.78, 5) is 28.2. The molecule has 2 aromatic carbocycles. The molecule has 0 saturated carbocycles. The zero-order valence-electron chi connectivity index (χ0n) is 20.6. The van der Waals surface area contributed by atoms with Gasteiger partial charge in [0, 0.05) is 23.7 Å². The Morgan fingerprint density at radius 2 is 1.56 bits per heavy atom. The van der Waals surface area contributed by atoms with Gasteiger partial charge in [-0.15, -0.1) is 0 Å².